The second-order valence-corrected chi connectivity index (χ2v) is 11.1. The molecule has 1 amide bonds. The number of anilines is 1. The number of nitrogens with one attached hydrogen (secondary N) is 1. The van der Waals surface area contributed by atoms with E-state index in [-0.39, 0.29) is 16.1 Å². The van der Waals surface area contributed by atoms with Crippen LogP contribution in [-0.2, 0) is 21.4 Å². The van der Waals surface area contributed by atoms with E-state index in [9.17, 15) is 13.2 Å². The first-order chi connectivity index (χ1) is 15.4. The summed E-state index contributed by atoms with van der Waals surface area (Å²) in [6, 6.07) is 14.5. The molecule has 0 aliphatic carbocycles. The standard InChI is InChI=1S/C23H28N4O3S2/c1-3-27-21-13-12-19(32(29,30)26-14-8-5-9-15-26)16-20(21)25-23(27)31-17(2)22(28)24-18-10-6-4-7-11-18/h4,6-7,10-13,16-17H,3,5,8-9,14-15H2,1-2H3,(H,24,28)/t17-/m1/s1. The number of piperidine rings is 1. The van der Waals surface area contributed by atoms with Crippen LogP contribution in [0.1, 0.15) is 33.1 Å². The molecule has 2 aromatic carbocycles. The van der Waals surface area contributed by atoms with Gasteiger partial charge in [0.25, 0.3) is 0 Å². The van der Waals surface area contributed by atoms with E-state index in [2.05, 4.69) is 5.32 Å². The Kier molecular flexibility index (Phi) is 6.88. The summed E-state index contributed by atoms with van der Waals surface area (Å²) in [5.74, 6) is -0.107. The Morgan fingerprint density at radius 1 is 1.12 bits per heavy atom. The van der Waals surface area contributed by atoms with Crippen molar-refractivity contribution in [3.8, 4) is 0 Å². The summed E-state index contributed by atoms with van der Waals surface area (Å²) >= 11 is 1.37. The van der Waals surface area contributed by atoms with Crippen molar-refractivity contribution in [1.82, 2.24) is 13.9 Å². The van der Waals surface area contributed by atoms with Gasteiger partial charge in [-0.25, -0.2) is 13.4 Å². The maximum absolute atomic E-state index is 13.1. The molecule has 3 aromatic rings. The third-order valence-electron chi connectivity index (χ3n) is 5.65. The van der Waals surface area contributed by atoms with Crippen LogP contribution in [0, 0.1) is 0 Å². The topological polar surface area (TPSA) is 84.3 Å². The Morgan fingerprint density at radius 3 is 2.53 bits per heavy atom. The van der Waals surface area contributed by atoms with Gasteiger partial charge in [0.15, 0.2) is 5.16 Å². The molecule has 1 fully saturated rings. The van der Waals surface area contributed by atoms with E-state index in [1.807, 2.05) is 54.8 Å². The first-order valence-electron chi connectivity index (χ1n) is 10.9. The number of imidazole rings is 1. The average molecular weight is 473 g/mol. The number of aryl methyl sites for hydroxylation is 1. The number of para-hydroxylation sites is 1. The van der Waals surface area contributed by atoms with Crippen LogP contribution in [0.5, 0.6) is 0 Å². The van der Waals surface area contributed by atoms with E-state index < -0.39 is 10.0 Å². The molecule has 0 radical (unpaired) electrons. The van der Waals surface area contributed by atoms with Crippen molar-refractivity contribution >= 4 is 44.4 Å². The van der Waals surface area contributed by atoms with Crippen molar-refractivity contribution in [3.05, 3.63) is 48.5 Å². The number of aromatic nitrogens is 2. The predicted molar refractivity (Wildman–Crippen MR) is 128 cm³/mol. The number of sulfonamides is 1. The Hall–Kier alpha value is -2.36. The molecule has 0 bridgehead atoms. The molecule has 1 aliphatic heterocycles. The van der Waals surface area contributed by atoms with Crippen LogP contribution in [0.2, 0.25) is 0 Å². The maximum Gasteiger partial charge on any atom is 0.243 e. The maximum atomic E-state index is 13.1. The van der Waals surface area contributed by atoms with Crippen molar-refractivity contribution < 1.29 is 13.2 Å². The van der Waals surface area contributed by atoms with Gasteiger partial charge in [-0.05, 0) is 57.0 Å². The average Bonchev–Trinajstić information content (AvgIpc) is 3.16. The number of fused-ring (bicyclic) bond motifs is 1. The van der Waals surface area contributed by atoms with Gasteiger partial charge < -0.3 is 9.88 Å². The second kappa shape index (κ2) is 9.64. The summed E-state index contributed by atoms with van der Waals surface area (Å²) in [5, 5.41) is 3.25. The largest absolute Gasteiger partial charge is 0.325 e. The summed E-state index contributed by atoms with van der Waals surface area (Å²) in [4.78, 5) is 17.6. The van der Waals surface area contributed by atoms with Crippen LogP contribution in [0.3, 0.4) is 0 Å². The zero-order chi connectivity index (χ0) is 22.7. The molecule has 1 N–H and O–H groups in total. The van der Waals surface area contributed by atoms with Crippen molar-refractivity contribution in [3.63, 3.8) is 0 Å². The number of nitrogens with zero attached hydrogens (tertiary/aromatic N) is 3. The van der Waals surface area contributed by atoms with Gasteiger partial charge in [0.05, 0.1) is 21.2 Å². The second-order valence-electron chi connectivity index (χ2n) is 7.87. The minimum Gasteiger partial charge on any atom is -0.325 e. The number of thioether (sulfide) groups is 1. The lowest BCUT2D eigenvalue weighted by molar-refractivity contribution is -0.115. The molecule has 32 heavy (non-hydrogen) atoms. The minimum absolute atomic E-state index is 0.107. The first kappa shape index (κ1) is 22.8. The lowest BCUT2D eigenvalue weighted by Gasteiger charge is -2.25. The van der Waals surface area contributed by atoms with Gasteiger partial charge in [0, 0.05) is 25.3 Å². The SMILES string of the molecule is CCn1c(S[C@H](C)C(=O)Nc2ccccc2)nc2cc(S(=O)(=O)N3CCCCC3)ccc21. The fourth-order valence-corrected chi connectivity index (χ4v) is 6.40. The molecule has 0 saturated carbocycles. The molecule has 1 aliphatic rings. The van der Waals surface area contributed by atoms with Gasteiger partial charge in [0.1, 0.15) is 0 Å². The minimum atomic E-state index is -3.52. The van der Waals surface area contributed by atoms with Gasteiger partial charge in [-0.15, -0.1) is 0 Å². The predicted octanol–water partition coefficient (Wildman–Crippen LogP) is 4.35. The van der Waals surface area contributed by atoms with Gasteiger partial charge in [0.2, 0.25) is 15.9 Å². The Balaban J connectivity index is 1.57. The Morgan fingerprint density at radius 2 is 1.84 bits per heavy atom. The van der Waals surface area contributed by atoms with Crippen molar-refractivity contribution in [2.75, 3.05) is 18.4 Å². The molecule has 1 aromatic heterocycles. The highest BCUT2D eigenvalue weighted by atomic mass is 32.2. The quantitative estimate of drug-likeness (QED) is 0.517. The van der Waals surface area contributed by atoms with E-state index in [0.717, 1.165) is 30.5 Å². The third-order valence-corrected chi connectivity index (χ3v) is 8.63. The van der Waals surface area contributed by atoms with E-state index in [4.69, 9.17) is 4.98 Å². The van der Waals surface area contributed by atoms with Crippen LogP contribution in [0.15, 0.2) is 58.6 Å². The van der Waals surface area contributed by atoms with E-state index in [0.29, 0.717) is 30.3 Å². The highest BCUT2D eigenvalue weighted by Gasteiger charge is 2.27. The lowest BCUT2D eigenvalue weighted by atomic mass is 10.2. The van der Waals surface area contributed by atoms with Gasteiger partial charge in [-0.2, -0.15) is 4.31 Å². The number of benzene rings is 2. The molecule has 1 saturated heterocycles. The molecule has 170 valence electrons. The summed E-state index contributed by atoms with van der Waals surface area (Å²) in [6.45, 7) is 5.66. The highest BCUT2D eigenvalue weighted by Crippen LogP contribution is 2.30. The van der Waals surface area contributed by atoms with Gasteiger partial charge in [-0.1, -0.05) is 36.4 Å². The molecule has 9 heteroatoms. The highest BCUT2D eigenvalue weighted by molar-refractivity contribution is 8.00. The van der Waals surface area contributed by atoms with Gasteiger partial charge >= 0.3 is 0 Å². The summed E-state index contributed by atoms with van der Waals surface area (Å²) in [6.07, 6.45) is 2.87. The molecule has 1 atom stereocenters. The number of hydrogen-bond acceptors (Lipinski definition) is 5. The van der Waals surface area contributed by atoms with Crippen LogP contribution < -0.4 is 5.32 Å². The molecule has 4 rings (SSSR count). The first-order valence-corrected chi connectivity index (χ1v) is 13.2. The molecule has 0 unspecified atom stereocenters. The van der Waals surface area contributed by atoms with Gasteiger partial charge in [-0.3, -0.25) is 4.79 Å². The zero-order valence-corrected chi connectivity index (χ0v) is 20.0. The summed E-state index contributed by atoms with van der Waals surface area (Å²) < 4.78 is 29.7. The number of carbonyl (C=O) groups is 1. The smallest absolute Gasteiger partial charge is 0.243 e. The molecule has 0 spiro atoms. The lowest BCUT2D eigenvalue weighted by Crippen LogP contribution is -2.35. The molecule has 2 heterocycles. The third kappa shape index (κ3) is 4.69. The fraction of sp³-hybridized carbons (Fsp3) is 0.391. The number of carbonyl (C=O) groups excluding carboxylic acids is 1. The van der Waals surface area contributed by atoms with Crippen molar-refractivity contribution in [2.24, 2.45) is 0 Å². The van der Waals surface area contributed by atoms with E-state index in [1.54, 1.807) is 16.4 Å². The van der Waals surface area contributed by atoms with Crippen LogP contribution in [0.4, 0.5) is 5.69 Å². The molecule has 7 nitrogen and oxygen atoms in total. The summed E-state index contributed by atoms with van der Waals surface area (Å²) in [5.41, 5.74) is 2.24. The molecular formula is C23H28N4O3S2. The van der Waals surface area contributed by atoms with Crippen LogP contribution >= 0.6 is 11.8 Å². The van der Waals surface area contributed by atoms with Crippen molar-refractivity contribution in [1.29, 1.82) is 0 Å². The van der Waals surface area contributed by atoms with E-state index in [1.165, 1.54) is 11.8 Å². The fourth-order valence-electron chi connectivity index (χ4n) is 3.87. The zero-order valence-electron chi connectivity index (χ0n) is 18.3. The number of rotatable bonds is 7. The van der Waals surface area contributed by atoms with Crippen LogP contribution in [-0.4, -0.2) is 46.5 Å². The van der Waals surface area contributed by atoms with Crippen LogP contribution in [0.25, 0.3) is 11.0 Å². The van der Waals surface area contributed by atoms with Crippen molar-refractivity contribution in [2.45, 2.75) is 55.0 Å². The summed E-state index contributed by atoms with van der Waals surface area (Å²) in [7, 11) is -3.52. The molecular weight excluding hydrogens is 444 g/mol. The van der Waals surface area contributed by atoms with E-state index >= 15 is 0 Å². The monoisotopic (exact) mass is 472 g/mol. The normalized spacial score (nSPS) is 16.2. The number of hydrogen-bond donors (Lipinski definition) is 1. The Bertz CT molecular complexity index is 1200. The Labute approximate surface area is 193 Å². The number of amides is 1.